The molecule has 0 aliphatic rings. The summed E-state index contributed by atoms with van der Waals surface area (Å²) in [6.07, 6.45) is 4.31. The Balaban J connectivity index is 2.23. The van der Waals surface area contributed by atoms with E-state index in [1.807, 2.05) is 0 Å². The fraction of sp³-hybridized carbons (Fsp3) is 0.0714. The van der Waals surface area contributed by atoms with Crippen LogP contribution in [0.2, 0.25) is 0 Å². The summed E-state index contributed by atoms with van der Waals surface area (Å²) in [6, 6.07) is 3.11. The highest BCUT2D eigenvalue weighted by molar-refractivity contribution is 9.11. The van der Waals surface area contributed by atoms with Gasteiger partial charge in [-0.25, -0.2) is 5.43 Å². The van der Waals surface area contributed by atoms with Gasteiger partial charge in [-0.05, 0) is 56.5 Å². The number of nitrogens with one attached hydrogen (secondary N) is 1. The van der Waals surface area contributed by atoms with Gasteiger partial charge in [0.2, 0.25) is 0 Å². The molecule has 6 nitrogen and oxygen atoms in total. The van der Waals surface area contributed by atoms with Crippen LogP contribution in [0.5, 0.6) is 11.5 Å². The van der Waals surface area contributed by atoms with Gasteiger partial charge in [0.25, 0.3) is 5.91 Å². The number of carbonyl (C=O) groups is 1. The van der Waals surface area contributed by atoms with Crippen LogP contribution in [0.3, 0.4) is 0 Å². The molecule has 1 aromatic heterocycles. The number of carbonyl (C=O) groups excluding carboxylic acids is 1. The summed E-state index contributed by atoms with van der Waals surface area (Å²) < 4.78 is 0.575. The molecule has 0 spiro atoms. The topological polar surface area (TPSA) is 94.8 Å². The van der Waals surface area contributed by atoms with E-state index >= 15 is 0 Å². The summed E-state index contributed by atoms with van der Waals surface area (Å²) in [7, 11) is 0. The van der Waals surface area contributed by atoms with E-state index < -0.39 is 5.91 Å². The first-order valence-electron chi connectivity index (χ1n) is 6.06. The first-order chi connectivity index (χ1) is 10.4. The van der Waals surface area contributed by atoms with Gasteiger partial charge in [0.05, 0.1) is 10.7 Å². The Morgan fingerprint density at radius 3 is 2.50 bits per heavy atom. The third-order valence-electron chi connectivity index (χ3n) is 2.91. The molecule has 0 radical (unpaired) electrons. The van der Waals surface area contributed by atoms with E-state index in [9.17, 15) is 15.0 Å². The van der Waals surface area contributed by atoms with Gasteiger partial charge in [-0.2, -0.15) is 5.10 Å². The van der Waals surface area contributed by atoms with Gasteiger partial charge in [-0.15, -0.1) is 0 Å². The SMILES string of the molecule is Cc1c(Br)c(O)c(Br)c(O)c1C=NNC(=O)c1ccncc1. The van der Waals surface area contributed by atoms with Gasteiger partial charge < -0.3 is 10.2 Å². The van der Waals surface area contributed by atoms with Crippen LogP contribution in [-0.2, 0) is 0 Å². The van der Waals surface area contributed by atoms with Crippen molar-refractivity contribution in [3.8, 4) is 11.5 Å². The summed E-state index contributed by atoms with van der Waals surface area (Å²) in [6.45, 7) is 1.70. The Kier molecular flexibility index (Phi) is 5.15. The Hall–Kier alpha value is -1.93. The maximum absolute atomic E-state index is 11.8. The lowest BCUT2D eigenvalue weighted by atomic mass is 10.1. The van der Waals surface area contributed by atoms with E-state index in [0.717, 1.165) is 0 Å². The molecule has 2 aromatic rings. The highest BCUT2D eigenvalue weighted by atomic mass is 79.9. The average Bonchev–Trinajstić information content (AvgIpc) is 2.55. The molecule has 0 atom stereocenters. The molecule has 0 bridgehead atoms. The molecule has 3 N–H and O–H groups in total. The van der Waals surface area contributed by atoms with E-state index in [2.05, 4.69) is 47.4 Å². The summed E-state index contributed by atoms with van der Waals surface area (Å²) in [5.41, 5.74) is 3.72. The lowest BCUT2D eigenvalue weighted by molar-refractivity contribution is 0.0955. The highest BCUT2D eigenvalue weighted by Crippen LogP contribution is 2.43. The van der Waals surface area contributed by atoms with Crippen molar-refractivity contribution in [2.75, 3.05) is 0 Å². The fourth-order valence-electron chi connectivity index (χ4n) is 1.68. The molecule has 0 unspecified atom stereocenters. The third-order valence-corrected chi connectivity index (χ3v) is 4.64. The lowest BCUT2D eigenvalue weighted by Crippen LogP contribution is -2.17. The first kappa shape index (κ1) is 16.4. The molecule has 1 amide bonds. The zero-order valence-electron chi connectivity index (χ0n) is 11.3. The second-order valence-corrected chi connectivity index (χ2v) is 5.88. The minimum Gasteiger partial charge on any atom is -0.506 e. The number of hydrogen-bond acceptors (Lipinski definition) is 5. The zero-order valence-corrected chi connectivity index (χ0v) is 14.5. The predicted octanol–water partition coefficient (Wildman–Crippen LogP) is 3.09. The number of hydrogen-bond donors (Lipinski definition) is 3. The van der Waals surface area contributed by atoms with E-state index in [1.54, 1.807) is 19.1 Å². The minimum absolute atomic E-state index is 0.104. The number of halogens is 2. The standard InChI is InChI=1S/C14H11Br2N3O3/c1-7-9(12(20)11(16)13(21)10(7)15)6-18-19-14(22)8-2-4-17-5-3-8/h2-6,20-21H,1H3,(H,19,22). The molecule has 2 rings (SSSR count). The number of aromatic nitrogens is 1. The van der Waals surface area contributed by atoms with E-state index in [-0.39, 0.29) is 16.0 Å². The number of amides is 1. The molecule has 1 heterocycles. The quantitative estimate of drug-likeness (QED) is 0.517. The molecule has 0 saturated heterocycles. The van der Waals surface area contributed by atoms with Crippen LogP contribution in [0.4, 0.5) is 0 Å². The maximum atomic E-state index is 11.8. The van der Waals surface area contributed by atoms with Gasteiger partial charge in [0, 0.05) is 23.5 Å². The Bertz CT molecular complexity index is 720. The highest BCUT2D eigenvalue weighted by Gasteiger charge is 2.17. The summed E-state index contributed by atoms with van der Waals surface area (Å²) in [5, 5.41) is 23.6. The van der Waals surface area contributed by atoms with Crippen molar-refractivity contribution in [2.45, 2.75) is 6.92 Å². The summed E-state index contributed by atoms with van der Waals surface area (Å²) >= 11 is 6.31. The molecule has 114 valence electrons. The van der Waals surface area contributed by atoms with Crippen molar-refractivity contribution in [2.24, 2.45) is 5.10 Å². The van der Waals surface area contributed by atoms with Crippen LogP contribution < -0.4 is 5.43 Å². The molecule has 0 aliphatic heterocycles. The number of pyridine rings is 1. The summed E-state index contributed by atoms with van der Waals surface area (Å²) in [5.74, 6) is -0.666. The first-order valence-corrected chi connectivity index (χ1v) is 7.65. The van der Waals surface area contributed by atoms with Gasteiger partial charge in [0.1, 0.15) is 16.0 Å². The second kappa shape index (κ2) is 6.89. The van der Waals surface area contributed by atoms with Crippen molar-refractivity contribution in [3.63, 3.8) is 0 Å². The van der Waals surface area contributed by atoms with Gasteiger partial charge in [0.15, 0.2) is 0 Å². The molecular weight excluding hydrogens is 418 g/mol. The molecule has 0 saturated carbocycles. The third kappa shape index (κ3) is 3.28. The van der Waals surface area contributed by atoms with Crippen LogP contribution in [-0.4, -0.2) is 27.3 Å². The number of rotatable bonds is 3. The normalized spacial score (nSPS) is 10.9. The van der Waals surface area contributed by atoms with Gasteiger partial charge in [-0.3, -0.25) is 9.78 Å². The van der Waals surface area contributed by atoms with E-state index in [1.165, 1.54) is 18.6 Å². The van der Waals surface area contributed by atoms with Crippen molar-refractivity contribution in [1.82, 2.24) is 10.4 Å². The van der Waals surface area contributed by atoms with Crippen molar-refractivity contribution >= 4 is 44.0 Å². The van der Waals surface area contributed by atoms with Crippen molar-refractivity contribution < 1.29 is 15.0 Å². The van der Waals surface area contributed by atoms with Crippen LogP contribution in [0.15, 0.2) is 38.6 Å². The molecule has 8 heteroatoms. The van der Waals surface area contributed by atoms with Crippen LogP contribution in [0.1, 0.15) is 21.5 Å². The molecule has 22 heavy (non-hydrogen) atoms. The Morgan fingerprint density at radius 2 is 1.86 bits per heavy atom. The molecule has 0 aliphatic carbocycles. The number of phenolic OH excluding ortho intramolecular Hbond substituents is 2. The Morgan fingerprint density at radius 1 is 1.23 bits per heavy atom. The van der Waals surface area contributed by atoms with Crippen LogP contribution in [0.25, 0.3) is 0 Å². The number of phenols is 2. The smallest absolute Gasteiger partial charge is 0.271 e. The minimum atomic E-state index is -0.396. The second-order valence-electron chi connectivity index (χ2n) is 4.30. The largest absolute Gasteiger partial charge is 0.506 e. The molecule has 1 aromatic carbocycles. The van der Waals surface area contributed by atoms with E-state index in [4.69, 9.17) is 0 Å². The monoisotopic (exact) mass is 427 g/mol. The van der Waals surface area contributed by atoms with Gasteiger partial charge in [-0.1, -0.05) is 0 Å². The summed E-state index contributed by atoms with van der Waals surface area (Å²) in [4.78, 5) is 15.6. The Labute approximate surface area is 143 Å². The number of benzene rings is 1. The van der Waals surface area contributed by atoms with Gasteiger partial charge >= 0.3 is 0 Å². The number of aromatic hydroxyl groups is 2. The molecular formula is C14H11Br2N3O3. The van der Waals surface area contributed by atoms with E-state index in [0.29, 0.717) is 21.2 Å². The van der Waals surface area contributed by atoms with Crippen molar-refractivity contribution in [3.05, 3.63) is 50.2 Å². The fourth-order valence-corrected chi connectivity index (χ4v) is 2.77. The number of hydrazone groups is 1. The number of nitrogens with zero attached hydrogens (tertiary/aromatic N) is 2. The lowest BCUT2D eigenvalue weighted by Gasteiger charge is -2.10. The maximum Gasteiger partial charge on any atom is 0.271 e. The van der Waals surface area contributed by atoms with Crippen molar-refractivity contribution in [1.29, 1.82) is 0 Å². The van der Waals surface area contributed by atoms with Crippen LogP contribution in [0, 0.1) is 6.92 Å². The molecule has 0 fully saturated rings. The zero-order chi connectivity index (χ0) is 16.3. The predicted molar refractivity (Wildman–Crippen MR) is 89.2 cm³/mol. The average molecular weight is 429 g/mol. The van der Waals surface area contributed by atoms with Crippen LogP contribution >= 0.6 is 31.9 Å².